The van der Waals surface area contributed by atoms with Gasteiger partial charge in [0.25, 0.3) is 0 Å². The molecular weight excluding hydrogens is 274 g/mol. The molecule has 0 spiro atoms. The normalized spacial score (nSPS) is 20.4. The van der Waals surface area contributed by atoms with E-state index >= 15 is 0 Å². The molecule has 2 heterocycles. The average Bonchev–Trinajstić information content (AvgIpc) is 2.81. The van der Waals surface area contributed by atoms with Gasteiger partial charge in [0.1, 0.15) is 4.90 Å². The fourth-order valence-corrected chi connectivity index (χ4v) is 4.53. The fraction of sp³-hybridized carbons (Fsp3) is 0.727. The van der Waals surface area contributed by atoms with Crippen molar-refractivity contribution in [3.05, 3.63) is 11.4 Å². The van der Waals surface area contributed by atoms with Crippen molar-refractivity contribution in [2.24, 2.45) is 5.41 Å². The standard InChI is InChI=1S/C11H18ClN3O2S/c1-8-10(9(6-12)14-13-8)18(16,17)15-5-4-11(2,3)7-15/h4-7H2,1-3H3,(H,13,14). The van der Waals surface area contributed by atoms with Crippen molar-refractivity contribution in [2.75, 3.05) is 13.1 Å². The molecule has 1 aliphatic heterocycles. The lowest BCUT2D eigenvalue weighted by Gasteiger charge is -2.19. The Balaban J connectivity index is 2.40. The first-order chi connectivity index (χ1) is 8.28. The molecule has 1 fully saturated rings. The van der Waals surface area contributed by atoms with Gasteiger partial charge in [0.15, 0.2) is 0 Å². The summed E-state index contributed by atoms with van der Waals surface area (Å²) in [5.41, 5.74) is 0.987. The zero-order chi connectivity index (χ0) is 13.6. The summed E-state index contributed by atoms with van der Waals surface area (Å²) in [6.45, 7) is 6.96. The minimum atomic E-state index is -3.48. The van der Waals surface area contributed by atoms with Crippen LogP contribution in [0.25, 0.3) is 0 Å². The van der Waals surface area contributed by atoms with Crippen LogP contribution < -0.4 is 0 Å². The van der Waals surface area contributed by atoms with E-state index in [0.29, 0.717) is 24.5 Å². The number of aryl methyl sites for hydroxylation is 1. The Morgan fingerprint density at radius 1 is 1.50 bits per heavy atom. The van der Waals surface area contributed by atoms with E-state index in [4.69, 9.17) is 11.6 Å². The van der Waals surface area contributed by atoms with Crippen molar-refractivity contribution in [2.45, 2.75) is 38.0 Å². The minimum Gasteiger partial charge on any atom is -0.281 e. The van der Waals surface area contributed by atoms with Crippen molar-refractivity contribution in [3.63, 3.8) is 0 Å². The van der Waals surface area contributed by atoms with Gasteiger partial charge in [0.2, 0.25) is 10.0 Å². The highest BCUT2D eigenvalue weighted by Gasteiger charge is 2.39. The van der Waals surface area contributed by atoms with E-state index in [1.54, 1.807) is 6.92 Å². The molecule has 0 radical (unpaired) electrons. The number of hydrogen-bond donors (Lipinski definition) is 1. The molecule has 1 aromatic rings. The third-order valence-corrected chi connectivity index (χ3v) is 5.63. The van der Waals surface area contributed by atoms with E-state index in [2.05, 4.69) is 24.0 Å². The Morgan fingerprint density at radius 2 is 2.17 bits per heavy atom. The molecular formula is C11H18ClN3O2S. The summed E-state index contributed by atoms with van der Waals surface area (Å²) in [6, 6.07) is 0. The SMILES string of the molecule is Cc1[nH]nc(CCl)c1S(=O)(=O)N1CCC(C)(C)C1. The van der Waals surface area contributed by atoms with Gasteiger partial charge >= 0.3 is 0 Å². The van der Waals surface area contributed by atoms with Gasteiger partial charge in [0, 0.05) is 13.1 Å². The number of nitrogens with zero attached hydrogens (tertiary/aromatic N) is 2. The zero-order valence-electron chi connectivity index (χ0n) is 10.8. The largest absolute Gasteiger partial charge is 0.281 e. The van der Waals surface area contributed by atoms with Crippen LogP contribution in [0.1, 0.15) is 31.7 Å². The number of aromatic nitrogens is 2. The number of H-pyrrole nitrogens is 1. The predicted octanol–water partition coefficient (Wildman–Crippen LogP) is 1.88. The van der Waals surface area contributed by atoms with Gasteiger partial charge in [-0.2, -0.15) is 9.40 Å². The fourth-order valence-electron chi connectivity index (χ4n) is 2.30. The molecule has 0 aromatic carbocycles. The van der Waals surface area contributed by atoms with Crippen molar-refractivity contribution in [3.8, 4) is 0 Å². The molecule has 1 aromatic heterocycles. The van der Waals surface area contributed by atoms with Gasteiger partial charge in [-0.25, -0.2) is 8.42 Å². The van der Waals surface area contributed by atoms with Gasteiger partial charge in [-0.15, -0.1) is 11.6 Å². The summed E-state index contributed by atoms with van der Waals surface area (Å²) in [5.74, 6) is 0.0934. The van der Waals surface area contributed by atoms with Gasteiger partial charge in [-0.3, -0.25) is 5.10 Å². The lowest BCUT2D eigenvalue weighted by molar-refractivity contribution is 0.375. The second-order valence-corrected chi connectivity index (χ2v) is 7.65. The molecule has 5 nitrogen and oxygen atoms in total. The van der Waals surface area contributed by atoms with Crippen molar-refractivity contribution in [1.29, 1.82) is 0 Å². The van der Waals surface area contributed by atoms with Crippen LogP contribution >= 0.6 is 11.6 Å². The van der Waals surface area contributed by atoms with Gasteiger partial charge < -0.3 is 0 Å². The predicted molar refractivity (Wildman–Crippen MR) is 70.0 cm³/mol. The van der Waals surface area contributed by atoms with Crippen LogP contribution in [-0.2, 0) is 15.9 Å². The Hall–Kier alpha value is -0.590. The highest BCUT2D eigenvalue weighted by molar-refractivity contribution is 7.89. The van der Waals surface area contributed by atoms with Gasteiger partial charge in [0.05, 0.1) is 17.3 Å². The number of halogens is 1. The van der Waals surface area contributed by atoms with E-state index in [1.807, 2.05) is 0 Å². The van der Waals surface area contributed by atoms with Crippen LogP contribution in [0.4, 0.5) is 0 Å². The van der Waals surface area contributed by atoms with E-state index in [9.17, 15) is 8.42 Å². The molecule has 18 heavy (non-hydrogen) atoms. The number of alkyl halides is 1. The number of sulfonamides is 1. The first-order valence-corrected chi connectivity index (χ1v) is 7.85. The average molecular weight is 292 g/mol. The molecule has 7 heteroatoms. The number of nitrogens with one attached hydrogen (secondary N) is 1. The summed E-state index contributed by atoms with van der Waals surface area (Å²) >= 11 is 5.75. The van der Waals surface area contributed by atoms with Crippen molar-refractivity contribution in [1.82, 2.24) is 14.5 Å². The topological polar surface area (TPSA) is 66.1 Å². The number of hydrogen-bond acceptors (Lipinski definition) is 3. The zero-order valence-corrected chi connectivity index (χ0v) is 12.4. The Kier molecular flexibility index (Phi) is 3.46. The Labute approximate surface area is 113 Å². The van der Waals surface area contributed by atoms with E-state index in [-0.39, 0.29) is 16.2 Å². The Morgan fingerprint density at radius 3 is 2.67 bits per heavy atom. The van der Waals surface area contributed by atoms with Crippen LogP contribution in [0.2, 0.25) is 0 Å². The van der Waals surface area contributed by atoms with E-state index < -0.39 is 10.0 Å². The maximum absolute atomic E-state index is 12.6. The van der Waals surface area contributed by atoms with Gasteiger partial charge in [-0.1, -0.05) is 13.8 Å². The molecule has 0 aliphatic carbocycles. The molecule has 2 rings (SSSR count). The lowest BCUT2D eigenvalue weighted by Crippen LogP contribution is -2.31. The number of rotatable bonds is 3. The summed E-state index contributed by atoms with van der Waals surface area (Å²) in [7, 11) is -3.48. The summed E-state index contributed by atoms with van der Waals surface area (Å²) in [5, 5.41) is 6.64. The Bertz CT molecular complexity index is 551. The first kappa shape index (κ1) is 13.8. The van der Waals surface area contributed by atoms with Gasteiger partial charge in [-0.05, 0) is 18.8 Å². The third kappa shape index (κ3) is 2.29. The maximum atomic E-state index is 12.6. The quantitative estimate of drug-likeness (QED) is 0.865. The smallest absolute Gasteiger partial charge is 0.246 e. The molecule has 0 atom stereocenters. The van der Waals surface area contributed by atoms with Crippen molar-refractivity contribution < 1.29 is 8.42 Å². The van der Waals surface area contributed by atoms with E-state index in [1.165, 1.54) is 4.31 Å². The van der Waals surface area contributed by atoms with Crippen LogP contribution in [0.15, 0.2) is 4.90 Å². The van der Waals surface area contributed by atoms with Crippen LogP contribution in [-0.4, -0.2) is 36.0 Å². The summed E-state index contributed by atoms with van der Waals surface area (Å²) in [4.78, 5) is 0.246. The van der Waals surface area contributed by atoms with Crippen molar-refractivity contribution >= 4 is 21.6 Å². The molecule has 0 amide bonds. The third-order valence-electron chi connectivity index (χ3n) is 3.33. The highest BCUT2D eigenvalue weighted by Crippen LogP contribution is 2.34. The maximum Gasteiger partial charge on any atom is 0.246 e. The second kappa shape index (κ2) is 4.51. The molecule has 102 valence electrons. The molecule has 1 saturated heterocycles. The van der Waals surface area contributed by atoms with Crippen LogP contribution in [0.5, 0.6) is 0 Å². The summed E-state index contributed by atoms with van der Waals surface area (Å²) in [6.07, 6.45) is 0.874. The molecule has 1 N–H and O–H groups in total. The molecule has 0 unspecified atom stereocenters. The van der Waals surface area contributed by atoms with E-state index in [0.717, 1.165) is 6.42 Å². The highest BCUT2D eigenvalue weighted by atomic mass is 35.5. The molecule has 0 bridgehead atoms. The monoisotopic (exact) mass is 291 g/mol. The second-order valence-electron chi connectivity index (χ2n) is 5.51. The lowest BCUT2D eigenvalue weighted by atomic mass is 9.93. The number of aromatic amines is 1. The van der Waals surface area contributed by atoms with Crippen LogP contribution in [0.3, 0.4) is 0 Å². The molecule has 1 aliphatic rings. The summed E-state index contributed by atoms with van der Waals surface area (Å²) < 4.78 is 26.7. The minimum absolute atomic E-state index is 0.0336. The first-order valence-electron chi connectivity index (χ1n) is 5.88. The van der Waals surface area contributed by atoms with Crippen LogP contribution in [0, 0.1) is 12.3 Å². The molecule has 0 saturated carbocycles.